The largest absolute Gasteiger partial charge is 3.00 e. The Morgan fingerprint density at radius 2 is 1.64 bits per heavy atom. The summed E-state index contributed by atoms with van der Waals surface area (Å²) in [5.41, 5.74) is 0.636. The Morgan fingerprint density at radius 1 is 1.27 bits per heavy atom. The smallest absolute Gasteiger partial charge is 0.319 e. The molecule has 0 spiro atoms. The van der Waals surface area contributed by atoms with E-state index in [9.17, 15) is 0 Å². The van der Waals surface area contributed by atoms with Crippen LogP contribution in [-0.4, -0.2) is 0 Å². The first-order valence-corrected chi connectivity index (χ1v) is 4.25. The van der Waals surface area contributed by atoms with Crippen LogP contribution in [0.5, 0.6) is 0 Å². The summed E-state index contributed by atoms with van der Waals surface area (Å²) in [5.74, 6) is 3.50. The Labute approximate surface area is 96.4 Å². The molecule has 1 aliphatic rings. The molecule has 2 unspecified atom stereocenters. The molecule has 11 heavy (non-hydrogen) atoms. The van der Waals surface area contributed by atoms with E-state index in [1.54, 1.807) is 5.92 Å². The van der Waals surface area contributed by atoms with Gasteiger partial charge in [-0.2, -0.15) is 20.3 Å². The molecule has 0 bridgehead atoms. The summed E-state index contributed by atoms with van der Waals surface area (Å²) in [6, 6.07) is 0. The molecule has 1 saturated carbocycles. The van der Waals surface area contributed by atoms with Crippen LogP contribution in [-0.2, 0) is 32.7 Å². The molecule has 0 aromatic heterocycles. The van der Waals surface area contributed by atoms with Crippen molar-refractivity contribution in [3.63, 3.8) is 0 Å². The monoisotopic (exact) mass is 228 g/mol. The van der Waals surface area contributed by atoms with Crippen molar-refractivity contribution in [2.75, 3.05) is 0 Å². The first kappa shape index (κ1) is 12.1. The average molecular weight is 228 g/mol. The fraction of sp³-hybridized carbons (Fsp3) is 0.900. The molecule has 0 heterocycles. The third-order valence-electron chi connectivity index (χ3n) is 3.25. The molecule has 0 aliphatic heterocycles. The van der Waals surface area contributed by atoms with Gasteiger partial charge in [-0.25, -0.2) is 0 Å². The van der Waals surface area contributed by atoms with E-state index in [1.165, 1.54) is 6.42 Å². The third-order valence-corrected chi connectivity index (χ3v) is 3.25. The Bertz CT molecular complexity index is 127. The molecule has 1 aliphatic carbocycles. The van der Waals surface area contributed by atoms with Crippen molar-refractivity contribution in [3.8, 4) is 0 Å². The molecular formula is C10H19Y+2. The topological polar surface area (TPSA) is 0 Å². The van der Waals surface area contributed by atoms with Gasteiger partial charge >= 0.3 is 32.7 Å². The van der Waals surface area contributed by atoms with Gasteiger partial charge in [0.1, 0.15) is 0 Å². The molecule has 60 valence electrons. The van der Waals surface area contributed by atoms with E-state index in [4.69, 9.17) is 0 Å². The Hall–Kier alpha value is 1.10. The molecule has 2 atom stereocenters. The maximum atomic E-state index is 2.38. The first-order chi connectivity index (χ1) is 4.46. The van der Waals surface area contributed by atoms with E-state index in [1.807, 2.05) is 0 Å². The van der Waals surface area contributed by atoms with Crippen LogP contribution >= 0.6 is 0 Å². The van der Waals surface area contributed by atoms with Crippen LogP contribution in [0.15, 0.2) is 0 Å². The van der Waals surface area contributed by atoms with E-state index in [2.05, 4.69) is 34.6 Å². The molecule has 0 amide bonds. The zero-order valence-electron chi connectivity index (χ0n) is 8.44. The van der Waals surface area contributed by atoms with Crippen molar-refractivity contribution in [1.82, 2.24) is 0 Å². The molecule has 1 rings (SSSR count). The molecule has 0 saturated heterocycles. The maximum Gasteiger partial charge on any atom is 3.00 e. The summed E-state index contributed by atoms with van der Waals surface area (Å²) in [6.45, 7) is 11.6. The second-order valence-electron chi connectivity index (χ2n) is 4.63. The second kappa shape index (κ2) is 3.87. The Balaban J connectivity index is 0.000001000. The summed E-state index contributed by atoms with van der Waals surface area (Å²) in [6.07, 6.45) is 1.34. The van der Waals surface area contributed by atoms with Gasteiger partial charge in [-0.15, -0.1) is 0 Å². The quantitative estimate of drug-likeness (QED) is 0.636. The van der Waals surface area contributed by atoms with E-state index >= 15 is 0 Å². The van der Waals surface area contributed by atoms with Gasteiger partial charge < -0.3 is 5.92 Å². The van der Waals surface area contributed by atoms with Crippen LogP contribution in [0.1, 0.15) is 41.0 Å². The van der Waals surface area contributed by atoms with Crippen LogP contribution in [0.25, 0.3) is 0 Å². The molecule has 0 aromatic rings. The average Bonchev–Trinajstić information content (AvgIpc) is 2.17. The molecule has 0 radical (unpaired) electrons. The first-order valence-electron chi connectivity index (χ1n) is 4.25. The van der Waals surface area contributed by atoms with Gasteiger partial charge in [0, 0.05) is 0 Å². The molecule has 0 aromatic carbocycles. The van der Waals surface area contributed by atoms with Crippen LogP contribution in [0, 0.1) is 23.2 Å². The van der Waals surface area contributed by atoms with E-state index in [-0.39, 0.29) is 32.7 Å². The van der Waals surface area contributed by atoms with Gasteiger partial charge in [0.05, 0.1) is 0 Å². The van der Waals surface area contributed by atoms with E-state index in [0.29, 0.717) is 5.41 Å². The number of hydrogen-bond acceptors (Lipinski definition) is 0. The molecule has 0 nitrogen and oxygen atoms in total. The van der Waals surface area contributed by atoms with Crippen molar-refractivity contribution in [2.24, 2.45) is 17.3 Å². The minimum absolute atomic E-state index is 0. The van der Waals surface area contributed by atoms with Crippen molar-refractivity contribution in [2.45, 2.75) is 41.0 Å². The molecule has 1 heteroatoms. The second-order valence-corrected chi connectivity index (χ2v) is 4.63. The molecular weight excluding hydrogens is 209 g/mol. The summed E-state index contributed by atoms with van der Waals surface area (Å²) < 4.78 is 0. The zero-order chi connectivity index (χ0) is 7.94. The van der Waals surface area contributed by atoms with Crippen molar-refractivity contribution < 1.29 is 32.7 Å². The summed E-state index contributed by atoms with van der Waals surface area (Å²) in [7, 11) is 0. The van der Waals surface area contributed by atoms with Gasteiger partial charge in [-0.3, -0.25) is 0 Å². The summed E-state index contributed by atoms with van der Waals surface area (Å²) in [4.78, 5) is 0. The number of rotatable bonds is 2. The molecule has 0 N–H and O–H groups in total. The van der Waals surface area contributed by atoms with Gasteiger partial charge in [0.15, 0.2) is 0 Å². The predicted octanol–water partition coefficient (Wildman–Crippen LogP) is 3.28. The summed E-state index contributed by atoms with van der Waals surface area (Å²) in [5, 5.41) is 0. The van der Waals surface area contributed by atoms with E-state index in [0.717, 1.165) is 11.8 Å². The van der Waals surface area contributed by atoms with E-state index < -0.39 is 0 Å². The zero-order valence-corrected chi connectivity index (χ0v) is 11.3. The van der Waals surface area contributed by atoms with Gasteiger partial charge in [0.2, 0.25) is 0 Å². The van der Waals surface area contributed by atoms with Gasteiger partial charge in [0.25, 0.3) is 0 Å². The standard InChI is InChI=1S/C10H19.Y/c1-7(2)6-9-8(3)10(9,4)5;/h8-9H,6H2,1-5H3;/q-1;+3. The minimum atomic E-state index is 0. The van der Waals surface area contributed by atoms with Crippen LogP contribution in [0.2, 0.25) is 0 Å². The Morgan fingerprint density at radius 3 is 1.73 bits per heavy atom. The van der Waals surface area contributed by atoms with Crippen LogP contribution < -0.4 is 0 Å². The minimum Gasteiger partial charge on any atom is -0.319 e. The number of hydrogen-bond donors (Lipinski definition) is 0. The van der Waals surface area contributed by atoms with Crippen molar-refractivity contribution in [3.05, 3.63) is 5.92 Å². The van der Waals surface area contributed by atoms with Crippen molar-refractivity contribution in [1.29, 1.82) is 0 Å². The predicted molar refractivity (Wildman–Crippen MR) is 45.6 cm³/mol. The summed E-state index contributed by atoms with van der Waals surface area (Å²) >= 11 is 0. The fourth-order valence-electron chi connectivity index (χ4n) is 1.90. The molecule has 1 fully saturated rings. The normalized spacial score (nSPS) is 33.3. The van der Waals surface area contributed by atoms with Crippen LogP contribution in [0.4, 0.5) is 0 Å². The fourth-order valence-corrected chi connectivity index (χ4v) is 1.90. The van der Waals surface area contributed by atoms with Gasteiger partial charge in [-0.1, -0.05) is 26.7 Å². The third kappa shape index (κ3) is 2.52. The Kier molecular flexibility index (Phi) is 4.26. The van der Waals surface area contributed by atoms with Crippen molar-refractivity contribution >= 4 is 0 Å². The van der Waals surface area contributed by atoms with Crippen LogP contribution in [0.3, 0.4) is 0 Å². The maximum absolute atomic E-state index is 2.38. The SMILES string of the molecule is C[C-](C)CC1C(C)C1(C)C.[Y+3]. The van der Waals surface area contributed by atoms with Gasteiger partial charge in [-0.05, 0) is 11.3 Å².